The van der Waals surface area contributed by atoms with E-state index in [9.17, 15) is 10.1 Å². The highest BCUT2D eigenvalue weighted by molar-refractivity contribution is 7.98. The molecule has 0 aliphatic carbocycles. The van der Waals surface area contributed by atoms with E-state index >= 15 is 0 Å². The Morgan fingerprint density at radius 1 is 1.53 bits per heavy atom. The second-order valence-corrected chi connectivity index (χ2v) is 4.75. The number of hydrogen-bond acceptors (Lipinski definition) is 5. The van der Waals surface area contributed by atoms with Gasteiger partial charge in [0.15, 0.2) is 0 Å². The Bertz CT molecular complexity index is 385. The Morgan fingerprint density at radius 2 is 2.29 bits per heavy atom. The minimum absolute atomic E-state index is 0.107. The lowest BCUT2D eigenvalue weighted by molar-refractivity contribution is -0.384. The first-order valence-corrected chi connectivity index (χ1v) is 6.66. The average molecular weight is 255 g/mol. The summed E-state index contributed by atoms with van der Waals surface area (Å²) in [5, 5.41) is 10.7. The molecule has 0 saturated carbocycles. The second-order valence-electron chi connectivity index (χ2n) is 3.65. The van der Waals surface area contributed by atoms with Gasteiger partial charge in [0.1, 0.15) is 0 Å². The van der Waals surface area contributed by atoms with Crippen LogP contribution < -0.4 is 11.3 Å². The Morgan fingerprint density at radius 3 is 2.88 bits per heavy atom. The molecule has 1 rings (SSSR count). The highest BCUT2D eigenvalue weighted by Gasteiger charge is 2.10. The first-order chi connectivity index (χ1) is 8.19. The summed E-state index contributed by atoms with van der Waals surface area (Å²) < 4.78 is 0. The van der Waals surface area contributed by atoms with E-state index in [4.69, 9.17) is 5.84 Å². The van der Waals surface area contributed by atoms with Gasteiger partial charge in [-0.2, -0.15) is 11.8 Å². The quantitative estimate of drug-likeness (QED) is 0.339. The first-order valence-electron chi connectivity index (χ1n) is 5.50. The van der Waals surface area contributed by atoms with E-state index in [1.54, 1.807) is 23.9 Å². The smallest absolute Gasteiger partial charge is 0.269 e. The molecule has 0 amide bonds. The third-order valence-corrected chi connectivity index (χ3v) is 3.45. The van der Waals surface area contributed by atoms with Gasteiger partial charge in [-0.25, -0.2) is 0 Å². The van der Waals surface area contributed by atoms with Crippen LogP contribution in [0.1, 0.15) is 25.3 Å². The van der Waals surface area contributed by atoms with E-state index in [0.29, 0.717) is 0 Å². The minimum Gasteiger partial charge on any atom is -0.324 e. The van der Waals surface area contributed by atoms with Gasteiger partial charge < -0.3 is 5.43 Å². The minimum atomic E-state index is -0.388. The standard InChI is InChI=1S/C11H17N3O2S/c1-2-3-6-17-8-9-7-10(14(15)16)4-5-11(9)13-12/h4-5,7,13H,2-3,6,8,12H2,1H3. The summed E-state index contributed by atoms with van der Waals surface area (Å²) in [6.45, 7) is 2.14. The maximum Gasteiger partial charge on any atom is 0.269 e. The molecule has 0 radical (unpaired) electrons. The highest BCUT2D eigenvalue weighted by atomic mass is 32.2. The molecule has 0 aliphatic heterocycles. The summed E-state index contributed by atoms with van der Waals surface area (Å²) in [5.74, 6) is 7.17. The van der Waals surface area contributed by atoms with Crippen molar-refractivity contribution in [3.05, 3.63) is 33.9 Å². The van der Waals surface area contributed by atoms with Crippen LogP contribution in [-0.2, 0) is 5.75 Å². The summed E-state index contributed by atoms with van der Waals surface area (Å²) in [5.41, 5.74) is 4.30. The predicted molar refractivity (Wildman–Crippen MR) is 72.0 cm³/mol. The molecule has 6 heteroatoms. The molecule has 1 aromatic rings. The lowest BCUT2D eigenvalue weighted by Gasteiger charge is -2.08. The summed E-state index contributed by atoms with van der Waals surface area (Å²) in [4.78, 5) is 10.3. The van der Waals surface area contributed by atoms with Gasteiger partial charge in [0.2, 0.25) is 0 Å². The molecule has 94 valence electrons. The van der Waals surface area contributed by atoms with Crippen LogP contribution in [0.5, 0.6) is 0 Å². The number of nitrogens with two attached hydrogens (primary N) is 1. The zero-order valence-corrected chi connectivity index (χ0v) is 10.6. The van der Waals surface area contributed by atoms with E-state index < -0.39 is 0 Å². The van der Waals surface area contributed by atoms with E-state index in [1.807, 2.05) is 0 Å². The maximum atomic E-state index is 10.7. The van der Waals surface area contributed by atoms with Crippen LogP contribution in [0.4, 0.5) is 11.4 Å². The van der Waals surface area contributed by atoms with Crippen molar-refractivity contribution in [2.45, 2.75) is 25.5 Å². The molecule has 0 unspecified atom stereocenters. The fraction of sp³-hybridized carbons (Fsp3) is 0.455. The molecule has 1 aromatic carbocycles. The number of unbranched alkanes of at least 4 members (excludes halogenated alkanes) is 1. The van der Waals surface area contributed by atoms with Crippen molar-refractivity contribution in [2.75, 3.05) is 11.2 Å². The molecule has 17 heavy (non-hydrogen) atoms. The van der Waals surface area contributed by atoms with E-state index in [0.717, 1.165) is 35.6 Å². The lowest BCUT2D eigenvalue weighted by Crippen LogP contribution is -2.09. The van der Waals surface area contributed by atoms with Crippen molar-refractivity contribution in [3.63, 3.8) is 0 Å². The first kappa shape index (κ1) is 13.8. The highest BCUT2D eigenvalue weighted by Crippen LogP contribution is 2.25. The van der Waals surface area contributed by atoms with Crippen LogP contribution in [0.3, 0.4) is 0 Å². The Kier molecular flexibility index (Phi) is 5.79. The number of hydrazine groups is 1. The predicted octanol–water partition coefficient (Wildman–Crippen LogP) is 2.91. The lowest BCUT2D eigenvalue weighted by atomic mass is 10.2. The van der Waals surface area contributed by atoms with Crippen LogP contribution in [0, 0.1) is 10.1 Å². The SMILES string of the molecule is CCCCSCc1cc([N+](=O)[O-])ccc1NN. The number of thioether (sulfide) groups is 1. The average Bonchev–Trinajstić information content (AvgIpc) is 2.34. The van der Waals surface area contributed by atoms with Crippen molar-refractivity contribution < 1.29 is 4.92 Å². The third kappa shape index (κ3) is 4.24. The largest absolute Gasteiger partial charge is 0.324 e. The van der Waals surface area contributed by atoms with Crippen LogP contribution in [0.2, 0.25) is 0 Å². The van der Waals surface area contributed by atoms with E-state index in [1.165, 1.54) is 6.07 Å². The van der Waals surface area contributed by atoms with E-state index in [2.05, 4.69) is 12.3 Å². The monoisotopic (exact) mass is 255 g/mol. The molecule has 5 nitrogen and oxygen atoms in total. The van der Waals surface area contributed by atoms with Crippen LogP contribution >= 0.6 is 11.8 Å². The molecular weight excluding hydrogens is 238 g/mol. The number of rotatable bonds is 7. The van der Waals surface area contributed by atoms with Crippen LogP contribution in [0.25, 0.3) is 0 Å². The maximum absolute atomic E-state index is 10.7. The number of benzene rings is 1. The number of nitro benzene ring substituents is 1. The van der Waals surface area contributed by atoms with Gasteiger partial charge in [-0.3, -0.25) is 16.0 Å². The topological polar surface area (TPSA) is 81.2 Å². The molecule has 0 atom stereocenters. The summed E-state index contributed by atoms with van der Waals surface area (Å²) in [7, 11) is 0. The fourth-order valence-electron chi connectivity index (χ4n) is 1.38. The number of nitro groups is 1. The fourth-order valence-corrected chi connectivity index (χ4v) is 2.48. The molecule has 3 N–H and O–H groups in total. The number of non-ortho nitro benzene ring substituents is 1. The Balaban J connectivity index is 2.72. The molecule has 0 spiro atoms. The molecule has 0 aliphatic rings. The van der Waals surface area contributed by atoms with E-state index in [-0.39, 0.29) is 10.6 Å². The molecular formula is C11H17N3O2S. The van der Waals surface area contributed by atoms with Crippen LogP contribution in [0.15, 0.2) is 18.2 Å². The van der Waals surface area contributed by atoms with Crippen molar-refractivity contribution >= 4 is 23.1 Å². The van der Waals surface area contributed by atoms with Gasteiger partial charge in [-0.1, -0.05) is 13.3 Å². The van der Waals surface area contributed by atoms with Gasteiger partial charge in [0.25, 0.3) is 5.69 Å². The molecule has 0 aromatic heterocycles. The van der Waals surface area contributed by atoms with Gasteiger partial charge in [0, 0.05) is 17.9 Å². The summed E-state index contributed by atoms with van der Waals surface area (Å²) in [6, 6.07) is 4.68. The molecule has 0 saturated heterocycles. The molecule has 0 heterocycles. The van der Waals surface area contributed by atoms with Gasteiger partial charge >= 0.3 is 0 Å². The van der Waals surface area contributed by atoms with Crippen LogP contribution in [-0.4, -0.2) is 10.7 Å². The molecule has 0 bridgehead atoms. The summed E-state index contributed by atoms with van der Waals surface area (Å²) in [6.07, 6.45) is 2.31. The zero-order valence-electron chi connectivity index (χ0n) is 9.81. The van der Waals surface area contributed by atoms with Gasteiger partial charge in [0.05, 0.1) is 10.6 Å². The van der Waals surface area contributed by atoms with Gasteiger partial charge in [-0.05, 0) is 23.8 Å². The summed E-state index contributed by atoms with van der Waals surface area (Å²) >= 11 is 1.76. The Labute approximate surface area is 105 Å². The zero-order chi connectivity index (χ0) is 12.7. The number of nitrogens with one attached hydrogen (secondary N) is 1. The Hall–Kier alpha value is -1.27. The van der Waals surface area contributed by atoms with Gasteiger partial charge in [-0.15, -0.1) is 0 Å². The van der Waals surface area contributed by atoms with Crippen molar-refractivity contribution in [1.82, 2.24) is 0 Å². The molecule has 0 fully saturated rings. The second kappa shape index (κ2) is 7.13. The van der Waals surface area contributed by atoms with Crippen molar-refractivity contribution in [1.29, 1.82) is 0 Å². The number of nitrogen functional groups attached to an aromatic ring is 1. The third-order valence-electron chi connectivity index (χ3n) is 2.35. The number of hydrogen-bond donors (Lipinski definition) is 2. The number of anilines is 1. The van der Waals surface area contributed by atoms with Crippen molar-refractivity contribution in [2.24, 2.45) is 5.84 Å². The number of nitrogens with zero attached hydrogens (tertiary/aromatic N) is 1. The normalized spacial score (nSPS) is 10.2. The van der Waals surface area contributed by atoms with Crippen molar-refractivity contribution in [3.8, 4) is 0 Å².